The molecule has 2 bridgehead atoms. The van der Waals surface area contributed by atoms with Crippen LogP contribution in [0, 0.1) is 23.7 Å². The third-order valence-corrected chi connectivity index (χ3v) is 6.72. The van der Waals surface area contributed by atoms with E-state index in [0.29, 0.717) is 21.5 Å². The SMILES string of the molecule is O=C1C2C3C=CC(C3)C2C(=O)N1c1ccc(OCc2c(Cl)cccc2Cl)cc1. The van der Waals surface area contributed by atoms with Crippen molar-refractivity contribution in [3.05, 3.63) is 70.2 Å². The number of anilines is 1. The van der Waals surface area contributed by atoms with Crippen molar-refractivity contribution in [3.63, 3.8) is 0 Å². The van der Waals surface area contributed by atoms with E-state index < -0.39 is 0 Å². The van der Waals surface area contributed by atoms with Gasteiger partial charge in [0.2, 0.25) is 11.8 Å². The molecule has 4 nitrogen and oxygen atoms in total. The van der Waals surface area contributed by atoms with Gasteiger partial charge in [-0.3, -0.25) is 14.5 Å². The maximum absolute atomic E-state index is 12.9. The molecule has 6 heteroatoms. The molecule has 1 saturated heterocycles. The number of carbonyl (C=O) groups excluding carboxylic acids is 2. The van der Waals surface area contributed by atoms with Crippen LogP contribution in [0.15, 0.2) is 54.6 Å². The molecule has 2 aliphatic carbocycles. The molecule has 1 aliphatic heterocycles. The summed E-state index contributed by atoms with van der Waals surface area (Å²) in [7, 11) is 0. The number of carbonyl (C=O) groups is 2. The Morgan fingerprint density at radius 2 is 1.46 bits per heavy atom. The lowest BCUT2D eigenvalue weighted by atomic mass is 9.85. The average molecular weight is 414 g/mol. The number of ether oxygens (including phenoxy) is 1. The summed E-state index contributed by atoms with van der Waals surface area (Å²) in [5.41, 5.74) is 1.31. The van der Waals surface area contributed by atoms with Gasteiger partial charge < -0.3 is 4.74 Å². The highest BCUT2D eigenvalue weighted by atomic mass is 35.5. The molecule has 2 aromatic carbocycles. The van der Waals surface area contributed by atoms with Crippen LogP contribution in [0.2, 0.25) is 10.0 Å². The molecule has 4 atom stereocenters. The molecule has 142 valence electrons. The third kappa shape index (κ3) is 2.66. The summed E-state index contributed by atoms with van der Waals surface area (Å²) in [6.07, 6.45) is 5.12. The largest absolute Gasteiger partial charge is 0.489 e. The van der Waals surface area contributed by atoms with Gasteiger partial charge in [0, 0.05) is 15.6 Å². The summed E-state index contributed by atoms with van der Waals surface area (Å²) >= 11 is 12.3. The van der Waals surface area contributed by atoms with Crippen molar-refractivity contribution in [2.45, 2.75) is 13.0 Å². The Morgan fingerprint density at radius 1 is 0.893 bits per heavy atom. The van der Waals surface area contributed by atoms with E-state index in [1.807, 2.05) is 0 Å². The van der Waals surface area contributed by atoms with Gasteiger partial charge in [0.15, 0.2) is 0 Å². The Bertz CT molecular complexity index is 951. The zero-order chi connectivity index (χ0) is 19.4. The number of benzene rings is 2. The molecule has 2 fully saturated rings. The van der Waals surface area contributed by atoms with Gasteiger partial charge >= 0.3 is 0 Å². The average Bonchev–Trinajstić information content (AvgIpc) is 3.36. The van der Waals surface area contributed by atoms with Crippen LogP contribution in [0.3, 0.4) is 0 Å². The molecule has 0 N–H and O–H groups in total. The van der Waals surface area contributed by atoms with Crippen LogP contribution >= 0.6 is 23.2 Å². The van der Waals surface area contributed by atoms with Crippen LogP contribution < -0.4 is 9.64 Å². The van der Waals surface area contributed by atoms with Crippen molar-refractivity contribution in [3.8, 4) is 5.75 Å². The number of imide groups is 1. The normalized spacial score (nSPS) is 27.6. The fraction of sp³-hybridized carbons (Fsp3) is 0.273. The van der Waals surface area contributed by atoms with Crippen LogP contribution in [0.4, 0.5) is 5.69 Å². The summed E-state index contributed by atoms with van der Waals surface area (Å²) in [5.74, 6) is 0.480. The molecule has 3 aliphatic rings. The molecule has 5 rings (SSSR count). The van der Waals surface area contributed by atoms with Gasteiger partial charge in [-0.2, -0.15) is 0 Å². The molecule has 1 heterocycles. The number of amides is 2. The molecule has 0 aromatic heterocycles. The van der Waals surface area contributed by atoms with Crippen LogP contribution in [0.25, 0.3) is 0 Å². The maximum atomic E-state index is 12.9. The van der Waals surface area contributed by atoms with E-state index in [2.05, 4.69) is 12.2 Å². The van der Waals surface area contributed by atoms with E-state index in [9.17, 15) is 9.59 Å². The first kappa shape index (κ1) is 17.8. The van der Waals surface area contributed by atoms with Crippen LogP contribution in [0.5, 0.6) is 5.75 Å². The number of rotatable bonds is 4. The number of hydrogen-bond acceptors (Lipinski definition) is 3. The summed E-state index contributed by atoms with van der Waals surface area (Å²) in [5, 5.41) is 1.10. The molecule has 28 heavy (non-hydrogen) atoms. The summed E-state index contributed by atoms with van der Waals surface area (Å²) in [6, 6.07) is 12.3. The van der Waals surface area contributed by atoms with Crippen LogP contribution in [0.1, 0.15) is 12.0 Å². The van der Waals surface area contributed by atoms with Crippen molar-refractivity contribution in [2.24, 2.45) is 23.7 Å². The Morgan fingerprint density at radius 3 is 2.04 bits per heavy atom. The smallest absolute Gasteiger partial charge is 0.238 e. The topological polar surface area (TPSA) is 46.6 Å². The lowest BCUT2D eigenvalue weighted by Crippen LogP contribution is -2.32. The van der Waals surface area contributed by atoms with Crippen molar-refractivity contribution in [1.82, 2.24) is 0 Å². The fourth-order valence-corrected chi connectivity index (χ4v) is 5.18. The van der Waals surface area contributed by atoms with E-state index in [1.165, 1.54) is 4.90 Å². The molecule has 2 amide bonds. The zero-order valence-electron chi connectivity index (χ0n) is 14.8. The molecule has 4 unspecified atom stereocenters. The number of nitrogens with zero attached hydrogens (tertiary/aromatic N) is 1. The van der Waals surface area contributed by atoms with Gasteiger partial charge in [-0.25, -0.2) is 0 Å². The Hall–Kier alpha value is -2.30. The standard InChI is InChI=1S/C22H17Cl2NO3/c23-17-2-1-3-18(24)16(17)11-28-15-8-6-14(7-9-15)25-21(26)19-12-4-5-13(10-12)20(19)22(25)27/h1-9,12-13,19-20H,10-11H2. The number of allylic oxidation sites excluding steroid dienone is 2. The van der Waals surface area contributed by atoms with Gasteiger partial charge in [0.1, 0.15) is 12.4 Å². The minimum absolute atomic E-state index is 0.0802. The Kier molecular flexibility index (Phi) is 4.22. The maximum Gasteiger partial charge on any atom is 0.238 e. The minimum atomic E-state index is -0.194. The molecular formula is C22H17Cl2NO3. The van der Waals surface area contributed by atoms with Gasteiger partial charge in [-0.1, -0.05) is 41.4 Å². The van der Waals surface area contributed by atoms with Gasteiger partial charge in [0.25, 0.3) is 0 Å². The van der Waals surface area contributed by atoms with Crippen LogP contribution in [-0.4, -0.2) is 11.8 Å². The number of fused-ring (bicyclic) bond motifs is 5. The van der Waals surface area contributed by atoms with Crippen molar-refractivity contribution in [1.29, 1.82) is 0 Å². The summed E-state index contributed by atoms with van der Waals surface area (Å²) in [6.45, 7) is 0.235. The molecule has 1 saturated carbocycles. The van der Waals surface area contributed by atoms with E-state index in [1.54, 1.807) is 42.5 Å². The minimum Gasteiger partial charge on any atom is -0.489 e. The second kappa shape index (κ2) is 6.64. The van der Waals surface area contributed by atoms with Gasteiger partial charge in [-0.05, 0) is 54.7 Å². The summed E-state index contributed by atoms with van der Waals surface area (Å²) < 4.78 is 5.78. The second-order valence-corrected chi connectivity index (χ2v) is 8.31. The van der Waals surface area contributed by atoms with Crippen molar-refractivity contribution in [2.75, 3.05) is 4.90 Å². The molecule has 2 aromatic rings. The quantitative estimate of drug-likeness (QED) is 0.529. The van der Waals surface area contributed by atoms with E-state index in [4.69, 9.17) is 27.9 Å². The Balaban J connectivity index is 1.32. The first-order valence-corrected chi connectivity index (χ1v) is 10.0. The predicted molar refractivity (Wildman–Crippen MR) is 107 cm³/mol. The fourth-order valence-electron chi connectivity index (χ4n) is 4.67. The first-order chi connectivity index (χ1) is 13.5. The Labute approximate surface area is 172 Å². The molecule has 0 radical (unpaired) electrons. The monoisotopic (exact) mass is 413 g/mol. The van der Waals surface area contributed by atoms with Crippen LogP contribution in [-0.2, 0) is 16.2 Å². The highest BCUT2D eigenvalue weighted by molar-refractivity contribution is 6.36. The lowest BCUT2D eigenvalue weighted by molar-refractivity contribution is -0.123. The number of halogens is 2. The van der Waals surface area contributed by atoms with E-state index in [0.717, 1.165) is 12.0 Å². The first-order valence-electron chi connectivity index (χ1n) is 9.26. The molecule has 0 spiro atoms. The van der Waals surface area contributed by atoms with Crippen molar-refractivity contribution >= 4 is 40.7 Å². The highest BCUT2D eigenvalue weighted by Crippen LogP contribution is 2.53. The van der Waals surface area contributed by atoms with Gasteiger partial charge in [0.05, 0.1) is 17.5 Å². The van der Waals surface area contributed by atoms with Crippen molar-refractivity contribution < 1.29 is 14.3 Å². The van der Waals surface area contributed by atoms with E-state index >= 15 is 0 Å². The van der Waals surface area contributed by atoms with Gasteiger partial charge in [-0.15, -0.1) is 0 Å². The molecular weight excluding hydrogens is 397 g/mol. The predicted octanol–water partition coefficient (Wildman–Crippen LogP) is 4.88. The third-order valence-electron chi connectivity index (χ3n) is 6.01. The second-order valence-electron chi connectivity index (χ2n) is 7.49. The zero-order valence-corrected chi connectivity index (χ0v) is 16.4. The number of hydrogen-bond donors (Lipinski definition) is 0. The van der Waals surface area contributed by atoms with E-state index in [-0.39, 0.29) is 42.1 Å². The highest BCUT2D eigenvalue weighted by Gasteiger charge is 2.59. The summed E-state index contributed by atoms with van der Waals surface area (Å²) in [4.78, 5) is 27.1. The lowest BCUT2D eigenvalue weighted by Gasteiger charge is -2.18.